The second-order valence-electron chi connectivity index (χ2n) is 7.79. The van der Waals surface area contributed by atoms with E-state index in [0.29, 0.717) is 4.47 Å². The highest BCUT2D eigenvalue weighted by Gasteiger charge is 2.28. The minimum Gasteiger partial charge on any atom is -0.444 e. The Labute approximate surface area is 158 Å². The number of halogens is 2. The number of likely N-dealkylation sites (tertiary alicyclic amines) is 1. The third-order valence-electron chi connectivity index (χ3n) is 4.56. The van der Waals surface area contributed by atoms with E-state index in [9.17, 15) is 9.18 Å². The van der Waals surface area contributed by atoms with Crippen LogP contribution in [0.25, 0.3) is 0 Å². The third kappa shape index (κ3) is 5.68. The van der Waals surface area contributed by atoms with Gasteiger partial charge in [0.2, 0.25) is 0 Å². The molecule has 1 fully saturated rings. The first-order chi connectivity index (χ1) is 11.6. The first-order valence-electron chi connectivity index (χ1n) is 8.69. The number of aryl methyl sites for hydroxylation is 1. The maximum absolute atomic E-state index is 13.8. The highest BCUT2D eigenvalue weighted by Crippen LogP contribution is 2.24. The standard InChI is InChI=1S/C19H28BrFN2O2/c1-13-10-16(20)17(21)11-14(13)12-23-8-6-15(7-9-23)22(5)18(24)25-19(2,3)4/h10-11,15H,6-9,12H2,1-5H3. The summed E-state index contributed by atoms with van der Waals surface area (Å²) >= 11 is 3.23. The number of amides is 1. The van der Waals surface area contributed by atoms with Gasteiger partial charge in [-0.3, -0.25) is 4.90 Å². The van der Waals surface area contributed by atoms with Crippen LogP contribution < -0.4 is 0 Å². The summed E-state index contributed by atoms with van der Waals surface area (Å²) in [5, 5.41) is 0. The highest BCUT2D eigenvalue weighted by molar-refractivity contribution is 9.10. The Hall–Kier alpha value is -1.14. The molecule has 140 valence electrons. The van der Waals surface area contributed by atoms with Crippen LogP contribution in [-0.2, 0) is 11.3 Å². The Morgan fingerprint density at radius 3 is 2.52 bits per heavy atom. The number of hydrogen-bond acceptors (Lipinski definition) is 3. The molecule has 1 aromatic carbocycles. The molecule has 1 aliphatic heterocycles. The number of benzene rings is 1. The Balaban J connectivity index is 1.89. The van der Waals surface area contributed by atoms with Gasteiger partial charge in [0.1, 0.15) is 11.4 Å². The molecule has 1 heterocycles. The van der Waals surface area contributed by atoms with Gasteiger partial charge in [0.25, 0.3) is 0 Å². The minimum atomic E-state index is -0.477. The van der Waals surface area contributed by atoms with E-state index in [1.54, 1.807) is 11.0 Å². The number of rotatable bonds is 3. The van der Waals surface area contributed by atoms with Gasteiger partial charge in [-0.1, -0.05) is 0 Å². The normalized spacial score (nSPS) is 16.8. The topological polar surface area (TPSA) is 32.8 Å². The molecule has 0 bridgehead atoms. The van der Waals surface area contributed by atoms with Gasteiger partial charge in [-0.2, -0.15) is 0 Å². The maximum Gasteiger partial charge on any atom is 0.410 e. The summed E-state index contributed by atoms with van der Waals surface area (Å²) in [5.41, 5.74) is 1.62. The first-order valence-corrected chi connectivity index (χ1v) is 9.49. The van der Waals surface area contributed by atoms with Gasteiger partial charge in [0, 0.05) is 32.7 Å². The molecule has 0 unspecified atom stereocenters. The lowest BCUT2D eigenvalue weighted by Gasteiger charge is -2.37. The average molecular weight is 415 g/mol. The van der Waals surface area contributed by atoms with Crippen LogP contribution in [0.2, 0.25) is 0 Å². The van der Waals surface area contributed by atoms with E-state index in [4.69, 9.17) is 4.74 Å². The van der Waals surface area contributed by atoms with Crippen molar-refractivity contribution in [2.75, 3.05) is 20.1 Å². The van der Waals surface area contributed by atoms with Gasteiger partial charge in [0.05, 0.1) is 4.47 Å². The van der Waals surface area contributed by atoms with E-state index in [1.165, 1.54) is 0 Å². The summed E-state index contributed by atoms with van der Waals surface area (Å²) in [7, 11) is 1.81. The van der Waals surface area contributed by atoms with Gasteiger partial charge < -0.3 is 9.64 Å². The summed E-state index contributed by atoms with van der Waals surface area (Å²) < 4.78 is 19.7. The van der Waals surface area contributed by atoms with Crippen LogP contribution in [0.5, 0.6) is 0 Å². The number of hydrogen-bond donors (Lipinski definition) is 0. The van der Waals surface area contributed by atoms with Crippen LogP contribution >= 0.6 is 15.9 Å². The third-order valence-corrected chi connectivity index (χ3v) is 5.17. The molecular formula is C19H28BrFN2O2. The molecule has 2 rings (SSSR count). The van der Waals surface area contributed by atoms with Crippen LogP contribution in [0.1, 0.15) is 44.7 Å². The van der Waals surface area contributed by atoms with Crippen molar-refractivity contribution in [1.29, 1.82) is 0 Å². The van der Waals surface area contributed by atoms with Gasteiger partial charge in [0.15, 0.2) is 0 Å². The lowest BCUT2D eigenvalue weighted by molar-refractivity contribution is 0.0149. The number of carbonyl (C=O) groups is 1. The Morgan fingerprint density at radius 2 is 1.96 bits per heavy atom. The van der Waals surface area contributed by atoms with Crippen LogP contribution in [0.4, 0.5) is 9.18 Å². The average Bonchev–Trinajstić information content (AvgIpc) is 2.51. The van der Waals surface area contributed by atoms with Gasteiger partial charge >= 0.3 is 6.09 Å². The summed E-state index contributed by atoms with van der Waals surface area (Å²) in [5.74, 6) is -0.222. The van der Waals surface area contributed by atoms with Crippen molar-refractivity contribution in [2.24, 2.45) is 0 Å². The molecule has 1 aromatic rings. The maximum atomic E-state index is 13.8. The van der Waals surface area contributed by atoms with Crippen LogP contribution in [0.15, 0.2) is 16.6 Å². The first kappa shape index (κ1) is 20.2. The molecule has 1 aliphatic rings. The Morgan fingerprint density at radius 1 is 1.36 bits per heavy atom. The molecule has 0 radical (unpaired) electrons. The Bertz CT molecular complexity index is 623. The van der Waals surface area contributed by atoms with E-state index in [1.807, 2.05) is 40.8 Å². The van der Waals surface area contributed by atoms with Crippen LogP contribution in [0.3, 0.4) is 0 Å². The highest BCUT2D eigenvalue weighted by atomic mass is 79.9. The second kappa shape index (κ2) is 8.04. The van der Waals surface area contributed by atoms with E-state index < -0.39 is 5.60 Å². The van der Waals surface area contributed by atoms with Crippen molar-refractivity contribution in [3.05, 3.63) is 33.5 Å². The molecule has 0 saturated carbocycles. The van der Waals surface area contributed by atoms with Gasteiger partial charge in [-0.15, -0.1) is 0 Å². The van der Waals surface area contributed by atoms with E-state index in [2.05, 4.69) is 20.8 Å². The molecular weight excluding hydrogens is 387 g/mol. The monoisotopic (exact) mass is 414 g/mol. The largest absolute Gasteiger partial charge is 0.444 e. The van der Waals surface area contributed by atoms with Gasteiger partial charge in [-0.05, 0) is 79.7 Å². The summed E-state index contributed by atoms with van der Waals surface area (Å²) in [4.78, 5) is 16.2. The minimum absolute atomic E-state index is 0.189. The molecule has 1 amide bonds. The quantitative estimate of drug-likeness (QED) is 0.716. The van der Waals surface area contributed by atoms with Crippen molar-refractivity contribution in [3.8, 4) is 0 Å². The predicted molar refractivity (Wildman–Crippen MR) is 101 cm³/mol. The molecule has 0 N–H and O–H groups in total. The fourth-order valence-corrected chi connectivity index (χ4v) is 3.50. The Kier molecular flexibility index (Phi) is 6.49. The second-order valence-corrected chi connectivity index (χ2v) is 8.65. The van der Waals surface area contributed by atoms with Crippen LogP contribution in [0, 0.1) is 12.7 Å². The number of ether oxygens (including phenoxy) is 1. The zero-order valence-electron chi connectivity index (χ0n) is 15.7. The molecule has 1 saturated heterocycles. The van der Waals surface area contributed by atoms with Crippen molar-refractivity contribution < 1.29 is 13.9 Å². The smallest absolute Gasteiger partial charge is 0.410 e. The summed E-state index contributed by atoms with van der Waals surface area (Å²) in [6.07, 6.45) is 1.53. The van der Waals surface area contributed by atoms with Crippen LogP contribution in [-0.4, -0.2) is 47.7 Å². The van der Waals surface area contributed by atoms with Crippen molar-refractivity contribution >= 4 is 22.0 Å². The molecule has 0 spiro atoms. The van der Waals surface area contributed by atoms with E-state index in [0.717, 1.165) is 43.6 Å². The van der Waals surface area contributed by atoms with E-state index >= 15 is 0 Å². The summed E-state index contributed by atoms with van der Waals surface area (Å²) in [6.45, 7) is 10.1. The zero-order chi connectivity index (χ0) is 18.8. The molecule has 4 nitrogen and oxygen atoms in total. The number of piperidine rings is 1. The SMILES string of the molecule is Cc1cc(Br)c(F)cc1CN1CCC(N(C)C(=O)OC(C)(C)C)CC1. The number of carbonyl (C=O) groups excluding carboxylic acids is 1. The molecule has 0 atom stereocenters. The summed E-state index contributed by atoms with van der Waals surface area (Å²) in [6, 6.07) is 3.63. The fraction of sp³-hybridized carbons (Fsp3) is 0.632. The van der Waals surface area contributed by atoms with Crippen molar-refractivity contribution in [3.63, 3.8) is 0 Å². The zero-order valence-corrected chi connectivity index (χ0v) is 17.3. The predicted octanol–water partition coefficient (Wildman–Crippen LogP) is 4.73. The molecule has 0 aromatic heterocycles. The van der Waals surface area contributed by atoms with E-state index in [-0.39, 0.29) is 18.0 Å². The molecule has 25 heavy (non-hydrogen) atoms. The van der Waals surface area contributed by atoms with Crippen molar-refractivity contribution in [2.45, 2.75) is 58.7 Å². The lowest BCUT2D eigenvalue weighted by atomic mass is 10.0. The van der Waals surface area contributed by atoms with Gasteiger partial charge in [-0.25, -0.2) is 9.18 Å². The number of nitrogens with zero attached hydrogens (tertiary/aromatic N) is 2. The lowest BCUT2D eigenvalue weighted by Crippen LogP contribution is -2.46. The molecule has 0 aliphatic carbocycles. The fourth-order valence-electron chi connectivity index (χ4n) is 3.05. The van der Waals surface area contributed by atoms with Crippen molar-refractivity contribution in [1.82, 2.24) is 9.80 Å². The molecule has 6 heteroatoms.